The topological polar surface area (TPSA) is 50.4 Å². The molecule has 1 unspecified atom stereocenters. The molecule has 0 amide bonds. The summed E-state index contributed by atoms with van der Waals surface area (Å²) < 4.78 is 46.6. The maximum absolute atomic E-state index is 13.3. The van der Waals surface area contributed by atoms with Crippen LogP contribution in [0.5, 0.6) is 0 Å². The van der Waals surface area contributed by atoms with Gasteiger partial charge in [0, 0.05) is 37.8 Å². The molecule has 206 valence electrons. The van der Waals surface area contributed by atoms with Gasteiger partial charge in [-0.3, -0.25) is 9.47 Å². The van der Waals surface area contributed by atoms with E-state index in [0.717, 1.165) is 49.3 Å². The van der Waals surface area contributed by atoms with Gasteiger partial charge in [0.25, 0.3) is 0 Å². The number of fused-ring (bicyclic) bond motifs is 1. The number of likely N-dealkylation sites (tertiary alicyclic amines) is 1. The predicted octanol–water partition coefficient (Wildman–Crippen LogP) is 6.78. The molecule has 2 fully saturated rings. The van der Waals surface area contributed by atoms with Gasteiger partial charge in [-0.25, -0.2) is 4.79 Å². The van der Waals surface area contributed by atoms with Crippen LogP contribution >= 0.6 is 0 Å². The molecule has 2 heterocycles. The lowest BCUT2D eigenvalue weighted by molar-refractivity contribution is -0.137. The van der Waals surface area contributed by atoms with Crippen LogP contribution in [0, 0.1) is 18.3 Å². The van der Waals surface area contributed by atoms with Crippen molar-refractivity contribution in [2.45, 2.75) is 65.7 Å². The molecular weight excluding hydrogens is 491 g/mol. The zero-order chi connectivity index (χ0) is 27.7. The van der Waals surface area contributed by atoms with Crippen molar-refractivity contribution in [2.75, 3.05) is 13.1 Å². The summed E-state index contributed by atoms with van der Waals surface area (Å²) in [5.74, 6) is 0.321. The van der Waals surface area contributed by atoms with Gasteiger partial charge < -0.3 is 9.73 Å². The minimum absolute atomic E-state index is 0.107. The van der Waals surface area contributed by atoms with Gasteiger partial charge in [-0.1, -0.05) is 51.0 Å². The van der Waals surface area contributed by atoms with Crippen LogP contribution in [0.4, 0.5) is 13.2 Å². The smallest absolute Gasteiger partial charge is 0.408 e. The summed E-state index contributed by atoms with van der Waals surface area (Å²) in [4.78, 5) is 14.2. The van der Waals surface area contributed by atoms with Crippen molar-refractivity contribution in [3.8, 4) is 0 Å². The Morgan fingerprint density at radius 3 is 2.58 bits per heavy atom. The average Bonchev–Trinajstić information content (AvgIpc) is 3.53. The Bertz CT molecular complexity index is 1350. The van der Waals surface area contributed by atoms with Crippen molar-refractivity contribution in [3.63, 3.8) is 0 Å². The quantitative estimate of drug-likeness (QED) is 0.350. The maximum Gasteiger partial charge on any atom is 0.419 e. The number of nitrogens with one attached hydrogen (secondary N) is 1. The fourth-order valence-corrected chi connectivity index (χ4v) is 5.56. The normalized spacial score (nSPS) is 19.9. The highest BCUT2D eigenvalue weighted by Gasteiger charge is 2.44. The van der Waals surface area contributed by atoms with Crippen LogP contribution in [0.15, 0.2) is 57.9 Å². The number of benzene rings is 2. The zero-order valence-corrected chi connectivity index (χ0v) is 22.8. The van der Waals surface area contributed by atoms with E-state index in [1.165, 1.54) is 29.5 Å². The fraction of sp³-hybridized carbons (Fsp3) is 0.500. The largest absolute Gasteiger partial charge is 0.419 e. The molecule has 1 saturated carbocycles. The van der Waals surface area contributed by atoms with E-state index in [2.05, 4.69) is 16.8 Å². The van der Waals surface area contributed by atoms with E-state index in [1.54, 1.807) is 20.0 Å². The predicted molar refractivity (Wildman–Crippen MR) is 145 cm³/mol. The van der Waals surface area contributed by atoms with Crippen LogP contribution in [0.3, 0.4) is 0 Å². The van der Waals surface area contributed by atoms with Crippen molar-refractivity contribution in [1.29, 1.82) is 0 Å². The van der Waals surface area contributed by atoms with Gasteiger partial charge in [0.05, 0.1) is 11.1 Å². The third-order valence-electron chi connectivity index (χ3n) is 7.68. The van der Waals surface area contributed by atoms with Crippen LogP contribution < -0.4 is 11.1 Å². The van der Waals surface area contributed by atoms with Crippen molar-refractivity contribution in [1.82, 2.24) is 14.8 Å². The molecule has 1 aliphatic heterocycles. The van der Waals surface area contributed by atoms with E-state index < -0.39 is 11.7 Å². The number of hydrogen-bond donors (Lipinski definition) is 1. The van der Waals surface area contributed by atoms with Gasteiger partial charge in [-0.05, 0) is 67.6 Å². The Labute approximate surface area is 222 Å². The second-order valence-corrected chi connectivity index (χ2v) is 10.7. The molecule has 1 aromatic heterocycles. The molecule has 5 nitrogen and oxygen atoms in total. The molecule has 1 N–H and O–H groups in total. The first-order chi connectivity index (χ1) is 18.0. The van der Waals surface area contributed by atoms with Crippen LogP contribution in [0.25, 0.3) is 11.1 Å². The summed E-state index contributed by atoms with van der Waals surface area (Å²) in [5, 5.41) is 3.40. The van der Waals surface area contributed by atoms with Crippen LogP contribution in [0.2, 0.25) is 0 Å². The monoisotopic (exact) mass is 529 g/mol. The zero-order valence-electron chi connectivity index (χ0n) is 22.8. The summed E-state index contributed by atoms with van der Waals surface area (Å²) in [6.45, 7) is 12.9. The highest BCUT2D eigenvalue weighted by atomic mass is 19.4. The van der Waals surface area contributed by atoms with Crippen molar-refractivity contribution in [3.05, 3.63) is 81.5 Å². The Balaban J connectivity index is 0.00000164. The molecular formula is C30H38F3N3O2. The van der Waals surface area contributed by atoms with E-state index in [9.17, 15) is 18.0 Å². The number of oxazole rings is 1. The summed E-state index contributed by atoms with van der Waals surface area (Å²) in [6.07, 6.45) is 0.110. The average molecular weight is 530 g/mol. The van der Waals surface area contributed by atoms with Crippen molar-refractivity contribution < 1.29 is 17.6 Å². The third-order valence-corrected chi connectivity index (χ3v) is 7.68. The van der Waals surface area contributed by atoms with Gasteiger partial charge in [0.15, 0.2) is 5.58 Å². The first kappa shape index (κ1) is 28.0. The summed E-state index contributed by atoms with van der Waals surface area (Å²) >= 11 is 0. The lowest BCUT2D eigenvalue weighted by Gasteiger charge is -2.33. The van der Waals surface area contributed by atoms with Crippen molar-refractivity contribution >= 4 is 11.1 Å². The molecule has 38 heavy (non-hydrogen) atoms. The number of nitrogens with zero attached hydrogens (tertiary/aromatic N) is 2. The molecule has 2 aromatic carbocycles. The second kappa shape index (κ2) is 11.0. The van der Waals surface area contributed by atoms with Gasteiger partial charge in [-0.15, -0.1) is 0 Å². The maximum atomic E-state index is 13.3. The van der Waals surface area contributed by atoms with Crippen LogP contribution in [-0.4, -0.2) is 22.6 Å². The van der Waals surface area contributed by atoms with E-state index in [1.807, 2.05) is 32.0 Å². The standard InChI is InChI=1S/C28H32F3N3O2.C2H6/c1-18-10-22(12-23(11-18)28(29,30)31)15-32-19(2)27(14-20-4-5-20)8-9-34(17-27)16-21-6-7-25-24(13-21)33(3)26(35)36-25;1-2/h6-7,10-13,20,32H,2,4-5,8-9,14-17H2,1,3H3;1-2H3. The van der Waals surface area contributed by atoms with E-state index in [0.29, 0.717) is 29.2 Å². The first-order valence-corrected chi connectivity index (χ1v) is 13.4. The highest BCUT2D eigenvalue weighted by molar-refractivity contribution is 5.73. The van der Waals surface area contributed by atoms with E-state index >= 15 is 0 Å². The number of rotatable bonds is 8. The highest BCUT2D eigenvalue weighted by Crippen LogP contribution is 2.48. The minimum atomic E-state index is -4.36. The molecule has 5 rings (SSSR count). The lowest BCUT2D eigenvalue weighted by atomic mass is 9.78. The van der Waals surface area contributed by atoms with E-state index in [-0.39, 0.29) is 11.2 Å². The van der Waals surface area contributed by atoms with Gasteiger partial charge >= 0.3 is 11.9 Å². The summed E-state index contributed by atoms with van der Waals surface area (Å²) in [5.41, 5.74) is 3.87. The molecule has 0 spiro atoms. The Morgan fingerprint density at radius 2 is 1.89 bits per heavy atom. The molecule has 2 aliphatic rings. The molecule has 8 heteroatoms. The molecule has 1 saturated heterocycles. The second-order valence-electron chi connectivity index (χ2n) is 10.7. The Morgan fingerprint density at radius 1 is 1.16 bits per heavy atom. The summed E-state index contributed by atoms with van der Waals surface area (Å²) in [6, 6.07) is 10.0. The molecule has 1 atom stereocenters. The summed E-state index contributed by atoms with van der Waals surface area (Å²) in [7, 11) is 1.70. The van der Waals surface area contributed by atoms with E-state index in [4.69, 9.17) is 4.42 Å². The van der Waals surface area contributed by atoms with Gasteiger partial charge in [0.2, 0.25) is 0 Å². The van der Waals surface area contributed by atoms with Gasteiger partial charge in [0.1, 0.15) is 0 Å². The van der Waals surface area contributed by atoms with Crippen LogP contribution in [0.1, 0.15) is 61.8 Å². The Hall–Kier alpha value is -3.00. The molecule has 0 radical (unpaired) electrons. The number of halogens is 3. The molecule has 3 aromatic rings. The number of aromatic nitrogens is 1. The number of aryl methyl sites for hydroxylation is 2. The third kappa shape index (κ3) is 6.17. The van der Waals surface area contributed by atoms with Gasteiger partial charge in [-0.2, -0.15) is 13.2 Å². The lowest BCUT2D eigenvalue weighted by Crippen LogP contribution is -2.35. The fourth-order valence-electron chi connectivity index (χ4n) is 5.56. The Kier molecular flexibility index (Phi) is 8.12. The number of hydrogen-bond acceptors (Lipinski definition) is 4. The molecule has 0 bridgehead atoms. The molecule has 1 aliphatic carbocycles. The van der Waals surface area contributed by atoms with Crippen molar-refractivity contribution in [2.24, 2.45) is 18.4 Å². The first-order valence-electron chi connectivity index (χ1n) is 13.4. The number of alkyl halides is 3. The minimum Gasteiger partial charge on any atom is -0.408 e. The van der Waals surface area contributed by atoms with Crippen LogP contribution in [-0.2, 0) is 26.3 Å². The SMILES string of the molecule is C=C(NCc1cc(C)cc(C(F)(F)F)c1)C1(CC2CC2)CCN(Cc2ccc3oc(=O)n(C)c3c2)C1.CC.